The first-order chi connectivity index (χ1) is 8.26. The molecule has 17 heavy (non-hydrogen) atoms. The number of rotatable bonds is 6. The maximum absolute atomic E-state index is 11.4. The number of nitrogens with one attached hydrogen (secondary N) is 1. The van der Waals surface area contributed by atoms with Crippen molar-refractivity contribution in [3.63, 3.8) is 0 Å². The highest BCUT2D eigenvalue weighted by molar-refractivity contribution is 5.84. The first-order valence-corrected chi connectivity index (χ1v) is 6.08. The van der Waals surface area contributed by atoms with Gasteiger partial charge in [-0.1, -0.05) is 32.4 Å². The third kappa shape index (κ3) is 5.38. The van der Waals surface area contributed by atoms with Crippen molar-refractivity contribution in [2.75, 3.05) is 11.9 Å². The van der Waals surface area contributed by atoms with Crippen LogP contribution < -0.4 is 5.32 Å². The molecule has 0 aromatic heterocycles. The summed E-state index contributed by atoms with van der Waals surface area (Å²) in [5.41, 5.74) is 1.95. The Bertz CT molecular complexity index is 350. The smallest absolute Gasteiger partial charge is 0.411 e. The third-order valence-electron chi connectivity index (χ3n) is 2.37. The SMILES string of the molecule is [CH2]CCc1cccc(NC(=O)OCCCC)c1. The lowest BCUT2D eigenvalue weighted by atomic mass is 10.1. The molecule has 0 heterocycles. The molecule has 1 N–H and O–H groups in total. The van der Waals surface area contributed by atoms with Crippen LogP contribution >= 0.6 is 0 Å². The van der Waals surface area contributed by atoms with Crippen molar-refractivity contribution in [1.29, 1.82) is 0 Å². The van der Waals surface area contributed by atoms with Gasteiger partial charge in [-0.2, -0.15) is 0 Å². The monoisotopic (exact) mass is 234 g/mol. The Morgan fingerprint density at radius 2 is 2.29 bits per heavy atom. The normalized spacial score (nSPS) is 10.0. The topological polar surface area (TPSA) is 38.3 Å². The van der Waals surface area contributed by atoms with Crippen molar-refractivity contribution in [3.8, 4) is 0 Å². The maximum atomic E-state index is 11.4. The summed E-state index contributed by atoms with van der Waals surface area (Å²) in [7, 11) is 0. The number of ether oxygens (including phenoxy) is 1. The van der Waals surface area contributed by atoms with Crippen LogP contribution in [0.5, 0.6) is 0 Å². The van der Waals surface area contributed by atoms with Crippen LogP contribution in [0, 0.1) is 6.92 Å². The fourth-order valence-corrected chi connectivity index (χ4v) is 1.47. The van der Waals surface area contributed by atoms with Crippen LogP contribution in [-0.4, -0.2) is 12.7 Å². The van der Waals surface area contributed by atoms with Crippen LogP contribution in [0.3, 0.4) is 0 Å². The van der Waals surface area contributed by atoms with E-state index in [4.69, 9.17) is 4.74 Å². The van der Waals surface area contributed by atoms with E-state index in [-0.39, 0.29) is 6.09 Å². The Balaban J connectivity index is 2.44. The molecule has 0 atom stereocenters. The van der Waals surface area contributed by atoms with Crippen LogP contribution in [-0.2, 0) is 11.2 Å². The molecule has 3 heteroatoms. The van der Waals surface area contributed by atoms with E-state index in [9.17, 15) is 4.79 Å². The molecule has 1 aromatic rings. The highest BCUT2D eigenvalue weighted by Crippen LogP contribution is 2.12. The number of aryl methyl sites for hydroxylation is 1. The number of hydrogen-bond donors (Lipinski definition) is 1. The highest BCUT2D eigenvalue weighted by Gasteiger charge is 2.02. The summed E-state index contributed by atoms with van der Waals surface area (Å²) in [6, 6.07) is 7.76. The number of carbonyl (C=O) groups excluding carboxylic acids is 1. The molecular formula is C14H20NO2. The van der Waals surface area contributed by atoms with Crippen LogP contribution in [0.1, 0.15) is 31.7 Å². The van der Waals surface area contributed by atoms with E-state index in [0.29, 0.717) is 6.61 Å². The number of anilines is 1. The minimum Gasteiger partial charge on any atom is -0.449 e. The van der Waals surface area contributed by atoms with Crippen molar-refractivity contribution in [3.05, 3.63) is 36.8 Å². The first-order valence-electron chi connectivity index (χ1n) is 6.08. The Hall–Kier alpha value is -1.51. The average Bonchev–Trinajstić information content (AvgIpc) is 2.30. The van der Waals surface area contributed by atoms with Gasteiger partial charge in [0.2, 0.25) is 0 Å². The molecule has 0 aliphatic rings. The number of hydrogen-bond acceptors (Lipinski definition) is 2. The van der Waals surface area contributed by atoms with Gasteiger partial charge in [0.15, 0.2) is 0 Å². The van der Waals surface area contributed by atoms with E-state index in [1.807, 2.05) is 24.3 Å². The lowest BCUT2D eigenvalue weighted by Crippen LogP contribution is -2.14. The zero-order valence-corrected chi connectivity index (χ0v) is 10.4. The van der Waals surface area contributed by atoms with E-state index in [0.717, 1.165) is 31.4 Å². The second-order valence-electron chi connectivity index (χ2n) is 3.92. The standard InChI is InChI=1S/C14H20NO2/c1-3-5-10-17-14(16)15-13-9-6-8-12(11-13)7-4-2/h6,8-9,11H,2-5,7,10H2,1H3,(H,15,16). The summed E-state index contributed by atoms with van der Waals surface area (Å²) in [5.74, 6) is 0. The van der Waals surface area contributed by atoms with Gasteiger partial charge in [-0.15, -0.1) is 0 Å². The summed E-state index contributed by atoms with van der Waals surface area (Å²) in [5, 5.41) is 2.72. The van der Waals surface area contributed by atoms with Crippen LogP contribution in [0.25, 0.3) is 0 Å². The summed E-state index contributed by atoms with van der Waals surface area (Å²) >= 11 is 0. The Labute approximate surface area is 103 Å². The number of amides is 1. The van der Waals surface area contributed by atoms with Gasteiger partial charge >= 0.3 is 6.09 Å². The van der Waals surface area contributed by atoms with Gasteiger partial charge < -0.3 is 4.74 Å². The van der Waals surface area contributed by atoms with Crippen LogP contribution in [0.2, 0.25) is 0 Å². The summed E-state index contributed by atoms with van der Waals surface area (Å²) in [6.07, 6.45) is 3.30. The van der Waals surface area contributed by atoms with Crippen LogP contribution in [0.4, 0.5) is 10.5 Å². The average molecular weight is 234 g/mol. The van der Waals surface area contributed by atoms with Crippen molar-refractivity contribution in [2.45, 2.75) is 32.6 Å². The predicted octanol–water partition coefficient (Wildman–Crippen LogP) is 3.80. The van der Waals surface area contributed by atoms with Crippen molar-refractivity contribution in [1.82, 2.24) is 0 Å². The van der Waals surface area contributed by atoms with E-state index in [1.54, 1.807) is 0 Å². The second kappa shape index (κ2) is 7.71. The molecule has 1 aromatic carbocycles. The van der Waals surface area contributed by atoms with Gasteiger partial charge in [-0.05, 0) is 37.0 Å². The molecule has 0 fully saturated rings. The molecule has 0 aliphatic heterocycles. The predicted molar refractivity (Wildman–Crippen MR) is 70.0 cm³/mol. The Kier molecular flexibility index (Phi) is 6.15. The number of benzene rings is 1. The molecule has 1 amide bonds. The zero-order valence-electron chi connectivity index (χ0n) is 10.4. The Morgan fingerprint density at radius 1 is 1.47 bits per heavy atom. The lowest BCUT2D eigenvalue weighted by molar-refractivity contribution is 0.160. The van der Waals surface area contributed by atoms with Gasteiger partial charge in [0.25, 0.3) is 0 Å². The molecule has 93 valence electrons. The molecule has 0 spiro atoms. The van der Waals surface area contributed by atoms with E-state index < -0.39 is 0 Å². The number of unbranched alkanes of at least 4 members (excludes halogenated alkanes) is 1. The summed E-state index contributed by atoms with van der Waals surface area (Å²) in [6.45, 7) is 6.34. The van der Waals surface area contributed by atoms with Crippen LogP contribution in [0.15, 0.2) is 24.3 Å². The van der Waals surface area contributed by atoms with E-state index >= 15 is 0 Å². The minimum absolute atomic E-state index is 0.384. The third-order valence-corrected chi connectivity index (χ3v) is 2.37. The lowest BCUT2D eigenvalue weighted by Gasteiger charge is -2.07. The molecular weight excluding hydrogens is 214 g/mol. The molecule has 0 unspecified atom stereocenters. The van der Waals surface area contributed by atoms with E-state index in [2.05, 4.69) is 19.2 Å². The molecule has 1 radical (unpaired) electrons. The summed E-state index contributed by atoms with van der Waals surface area (Å²) < 4.78 is 5.02. The number of carbonyl (C=O) groups is 1. The largest absolute Gasteiger partial charge is 0.449 e. The van der Waals surface area contributed by atoms with Gasteiger partial charge in [-0.25, -0.2) is 4.79 Å². The Morgan fingerprint density at radius 3 is 3.00 bits per heavy atom. The molecule has 0 saturated heterocycles. The molecule has 0 saturated carbocycles. The van der Waals surface area contributed by atoms with Gasteiger partial charge in [-0.3, -0.25) is 5.32 Å². The van der Waals surface area contributed by atoms with Crippen molar-refractivity contribution in [2.24, 2.45) is 0 Å². The molecule has 3 nitrogen and oxygen atoms in total. The summed E-state index contributed by atoms with van der Waals surface area (Å²) in [4.78, 5) is 11.4. The van der Waals surface area contributed by atoms with Gasteiger partial charge in [0.1, 0.15) is 0 Å². The highest BCUT2D eigenvalue weighted by atomic mass is 16.5. The maximum Gasteiger partial charge on any atom is 0.411 e. The van der Waals surface area contributed by atoms with Gasteiger partial charge in [0.05, 0.1) is 6.61 Å². The molecule has 0 bridgehead atoms. The zero-order chi connectivity index (χ0) is 12.5. The fourth-order valence-electron chi connectivity index (χ4n) is 1.47. The fraction of sp³-hybridized carbons (Fsp3) is 0.429. The minimum atomic E-state index is -0.384. The second-order valence-corrected chi connectivity index (χ2v) is 3.92. The van der Waals surface area contributed by atoms with Crippen molar-refractivity contribution >= 4 is 11.8 Å². The van der Waals surface area contributed by atoms with Crippen molar-refractivity contribution < 1.29 is 9.53 Å². The van der Waals surface area contributed by atoms with E-state index in [1.165, 1.54) is 5.56 Å². The molecule has 0 aliphatic carbocycles. The first kappa shape index (κ1) is 13.6. The molecule has 1 rings (SSSR count). The quantitative estimate of drug-likeness (QED) is 0.760. The van der Waals surface area contributed by atoms with Gasteiger partial charge in [0, 0.05) is 5.69 Å².